The van der Waals surface area contributed by atoms with E-state index in [0.29, 0.717) is 29.5 Å². The van der Waals surface area contributed by atoms with Gasteiger partial charge in [-0.15, -0.1) is 0 Å². The van der Waals surface area contributed by atoms with Crippen molar-refractivity contribution in [1.29, 1.82) is 0 Å². The molecule has 0 aliphatic carbocycles. The fourth-order valence-corrected chi connectivity index (χ4v) is 3.52. The molecule has 4 rings (SSSR count). The summed E-state index contributed by atoms with van der Waals surface area (Å²) in [6, 6.07) is 19.0. The van der Waals surface area contributed by atoms with Gasteiger partial charge in [0.15, 0.2) is 5.11 Å². The minimum atomic E-state index is -0.221. The van der Waals surface area contributed by atoms with Crippen LogP contribution in [0.4, 0.5) is 5.69 Å². The van der Waals surface area contributed by atoms with Crippen LogP contribution in [0.5, 0.6) is 0 Å². The molecule has 150 valence electrons. The number of nitrogens with one attached hydrogen (secondary N) is 1. The molecule has 1 aliphatic heterocycles. The zero-order chi connectivity index (χ0) is 21.1. The molecule has 1 aliphatic rings. The third-order valence-corrected chi connectivity index (χ3v) is 4.94. The number of carbonyl (C=O) groups excluding carboxylic acids is 1. The van der Waals surface area contributed by atoms with E-state index in [1.54, 1.807) is 10.8 Å². The van der Waals surface area contributed by atoms with E-state index >= 15 is 0 Å². The van der Waals surface area contributed by atoms with Crippen LogP contribution in [0.25, 0.3) is 17.3 Å². The average Bonchev–Trinajstić information content (AvgIpc) is 3.28. The van der Waals surface area contributed by atoms with Crippen LogP contribution in [0.2, 0.25) is 0 Å². The molecule has 7 heteroatoms. The van der Waals surface area contributed by atoms with Gasteiger partial charge in [-0.25, -0.2) is 0 Å². The number of anilines is 1. The molecular formula is C23H20N4O2S. The molecular weight excluding hydrogens is 396 g/mol. The molecule has 2 heterocycles. The number of aryl methyl sites for hydroxylation is 1. The Hall–Kier alpha value is -3.71. The third kappa shape index (κ3) is 4.01. The lowest BCUT2D eigenvalue weighted by molar-refractivity contribution is -0.113. The van der Waals surface area contributed by atoms with E-state index < -0.39 is 0 Å². The highest BCUT2D eigenvalue weighted by molar-refractivity contribution is 7.80. The quantitative estimate of drug-likeness (QED) is 0.357. The van der Waals surface area contributed by atoms with Gasteiger partial charge in [-0.05, 0) is 30.4 Å². The number of hydrogen-bond donors (Lipinski definition) is 2. The van der Waals surface area contributed by atoms with Crippen molar-refractivity contribution in [3.8, 4) is 11.3 Å². The maximum atomic E-state index is 13.0. The molecule has 3 aromatic rings. The van der Waals surface area contributed by atoms with Gasteiger partial charge in [0.1, 0.15) is 5.70 Å². The summed E-state index contributed by atoms with van der Waals surface area (Å²) in [5.41, 5.74) is 3.54. The number of rotatable bonds is 6. The smallest absolute Gasteiger partial charge is 0.281 e. The second-order valence-electron chi connectivity index (χ2n) is 6.84. The van der Waals surface area contributed by atoms with Gasteiger partial charge in [-0.3, -0.25) is 14.4 Å². The number of carbonyl (C=O) groups is 1. The zero-order valence-corrected chi connectivity index (χ0v) is 17.0. The number of thiocarbonyl (C=S) groups is 1. The van der Waals surface area contributed by atoms with Gasteiger partial charge in [0.25, 0.3) is 5.91 Å². The van der Waals surface area contributed by atoms with Gasteiger partial charge in [-0.1, -0.05) is 55.1 Å². The molecule has 0 atom stereocenters. The summed E-state index contributed by atoms with van der Waals surface area (Å²) < 4.78 is 1.74. The Bertz CT molecular complexity index is 1140. The summed E-state index contributed by atoms with van der Waals surface area (Å²) in [5.74, 6) is -0.121. The van der Waals surface area contributed by atoms with Crippen molar-refractivity contribution in [3.05, 3.63) is 90.5 Å². The number of aromatic nitrogens is 2. The summed E-state index contributed by atoms with van der Waals surface area (Å²) in [7, 11) is 0. The van der Waals surface area contributed by atoms with Crippen molar-refractivity contribution >= 4 is 35.0 Å². The molecule has 1 saturated heterocycles. The first-order valence-corrected chi connectivity index (χ1v) is 9.85. The second kappa shape index (κ2) is 8.34. The van der Waals surface area contributed by atoms with Crippen LogP contribution in [-0.4, -0.2) is 25.9 Å². The van der Waals surface area contributed by atoms with Gasteiger partial charge in [0, 0.05) is 30.3 Å². The Morgan fingerprint density at radius 1 is 1.13 bits per heavy atom. The molecule has 0 radical (unpaired) electrons. The minimum Gasteiger partial charge on any atom is -0.513 e. The fourth-order valence-electron chi connectivity index (χ4n) is 3.22. The number of para-hydroxylation sites is 1. The molecule has 1 aromatic heterocycles. The maximum absolute atomic E-state index is 13.0. The molecule has 0 unspecified atom stereocenters. The van der Waals surface area contributed by atoms with E-state index in [4.69, 9.17) is 12.2 Å². The van der Waals surface area contributed by atoms with E-state index in [9.17, 15) is 9.90 Å². The van der Waals surface area contributed by atoms with E-state index in [0.717, 1.165) is 16.8 Å². The lowest BCUT2D eigenvalue weighted by Gasteiger charge is -2.13. The Morgan fingerprint density at radius 2 is 1.80 bits per heavy atom. The number of nitrogens with zero attached hydrogens (tertiary/aromatic N) is 3. The van der Waals surface area contributed by atoms with E-state index in [2.05, 4.69) is 17.0 Å². The third-order valence-electron chi connectivity index (χ3n) is 4.66. The number of allylic oxidation sites excluding steroid dienone is 1. The van der Waals surface area contributed by atoms with Gasteiger partial charge in [-0.2, -0.15) is 5.10 Å². The fraction of sp³-hybridized carbons (Fsp3) is 0.0870. The lowest BCUT2D eigenvalue weighted by Crippen LogP contribution is -2.30. The van der Waals surface area contributed by atoms with E-state index in [-0.39, 0.29) is 11.7 Å². The average molecular weight is 417 g/mol. The summed E-state index contributed by atoms with van der Waals surface area (Å²) >= 11 is 5.39. The summed E-state index contributed by atoms with van der Waals surface area (Å²) in [4.78, 5) is 14.5. The summed E-state index contributed by atoms with van der Waals surface area (Å²) in [5, 5.41) is 17.4. The summed E-state index contributed by atoms with van der Waals surface area (Å²) in [6.45, 7) is 4.00. The molecule has 0 saturated carbocycles. The van der Waals surface area contributed by atoms with Crippen molar-refractivity contribution in [3.63, 3.8) is 0 Å². The van der Waals surface area contributed by atoms with Crippen LogP contribution < -0.4 is 10.2 Å². The molecule has 30 heavy (non-hydrogen) atoms. The van der Waals surface area contributed by atoms with Gasteiger partial charge < -0.3 is 10.4 Å². The number of benzene rings is 2. The largest absolute Gasteiger partial charge is 0.513 e. The zero-order valence-electron chi connectivity index (χ0n) is 16.2. The van der Waals surface area contributed by atoms with Crippen LogP contribution in [0.1, 0.15) is 12.0 Å². The molecule has 1 amide bonds. The molecule has 2 aromatic carbocycles. The minimum absolute atomic E-state index is 0.100. The molecule has 0 spiro atoms. The first kappa shape index (κ1) is 19.6. The molecule has 1 fully saturated rings. The van der Waals surface area contributed by atoms with Crippen molar-refractivity contribution in [2.24, 2.45) is 0 Å². The highest BCUT2D eigenvalue weighted by atomic mass is 32.1. The Morgan fingerprint density at radius 3 is 2.47 bits per heavy atom. The van der Waals surface area contributed by atoms with Crippen molar-refractivity contribution in [2.75, 3.05) is 4.90 Å². The normalized spacial score (nSPS) is 14.9. The number of aliphatic hydroxyl groups excluding tert-OH is 1. The van der Waals surface area contributed by atoms with Crippen LogP contribution in [0, 0.1) is 0 Å². The van der Waals surface area contributed by atoms with Crippen LogP contribution >= 0.6 is 12.2 Å². The molecule has 0 bridgehead atoms. The van der Waals surface area contributed by atoms with Crippen molar-refractivity contribution < 1.29 is 9.90 Å². The lowest BCUT2D eigenvalue weighted by atomic mass is 10.1. The molecule has 2 N–H and O–H groups in total. The van der Waals surface area contributed by atoms with Gasteiger partial charge in [0.05, 0.1) is 17.1 Å². The standard InChI is InChI=1S/C23H20N4O2S/c1-16(28)12-13-26-15-18(21(25-26)17-8-4-2-5-9-17)14-20-22(29)27(23(30)24-20)19-10-6-3-7-11-19/h2-11,14-15,28H,1,12-13H2,(H,24,30)/b20-14+. The van der Waals surface area contributed by atoms with E-state index in [1.165, 1.54) is 4.90 Å². The highest BCUT2D eigenvalue weighted by Crippen LogP contribution is 2.27. The van der Waals surface area contributed by atoms with Gasteiger partial charge in [0.2, 0.25) is 0 Å². The number of aliphatic hydroxyl groups is 1. The summed E-state index contributed by atoms with van der Waals surface area (Å²) in [6.07, 6.45) is 4.01. The topological polar surface area (TPSA) is 70.4 Å². The van der Waals surface area contributed by atoms with Crippen LogP contribution in [-0.2, 0) is 11.3 Å². The predicted octanol–water partition coefficient (Wildman–Crippen LogP) is 4.27. The van der Waals surface area contributed by atoms with Gasteiger partial charge >= 0.3 is 0 Å². The monoisotopic (exact) mass is 416 g/mol. The number of amides is 1. The Kier molecular flexibility index (Phi) is 5.45. The maximum Gasteiger partial charge on any atom is 0.281 e. The highest BCUT2D eigenvalue weighted by Gasteiger charge is 2.32. The van der Waals surface area contributed by atoms with Crippen molar-refractivity contribution in [1.82, 2.24) is 15.1 Å². The predicted molar refractivity (Wildman–Crippen MR) is 122 cm³/mol. The first-order chi connectivity index (χ1) is 14.5. The van der Waals surface area contributed by atoms with Crippen molar-refractivity contribution in [2.45, 2.75) is 13.0 Å². The Labute approximate surface area is 179 Å². The van der Waals surface area contributed by atoms with E-state index in [1.807, 2.05) is 66.9 Å². The second-order valence-corrected chi connectivity index (χ2v) is 7.23. The first-order valence-electron chi connectivity index (χ1n) is 9.45. The SMILES string of the molecule is C=C(O)CCn1cc(/C=C2/NC(=S)N(c3ccccc3)C2=O)c(-c2ccccc2)n1. The number of hydrogen-bond acceptors (Lipinski definition) is 4. The Balaban J connectivity index is 1.71. The van der Waals surface area contributed by atoms with Crippen LogP contribution in [0.3, 0.4) is 0 Å². The van der Waals surface area contributed by atoms with Crippen LogP contribution in [0.15, 0.2) is 84.9 Å². The molecule has 6 nitrogen and oxygen atoms in total.